The number of aromatic amines is 1. The van der Waals surface area contributed by atoms with Crippen LogP contribution in [0.3, 0.4) is 0 Å². The summed E-state index contributed by atoms with van der Waals surface area (Å²) in [5, 5.41) is 0. The van der Waals surface area contributed by atoms with Gasteiger partial charge in [0.25, 0.3) is 11.5 Å². The van der Waals surface area contributed by atoms with Crippen LogP contribution >= 0.6 is 11.3 Å². The van der Waals surface area contributed by atoms with Crippen molar-refractivity contribution < 1.29 is 9.53 Å². The van der Waals surface area contributed by atoms with Crippen molar-refractivity contribution in [3.05, 3.63) is 78.1 Å². The molecule has 8 nitrogen and oxygen atoms in total. The number of rotatable bonds is 9. The van der Waals surface area contributed by atoms with E-state index < -0.39 is 11.2 Å². The van der Waals surface area contributed by atoms with Gasteiger partial charge in [-0.25, -0.2) is 4.79 Å². The Bertz CT molecular complexity index is 1200. The molecule has 0 aliphatic carbocycles. The Balaban J connectivity index is 2.13. The van der Waals surface area contributed by atoms with Crippen molar-refractivity contribution in [2.45, 2.75) is 39.8 Å². The molecule has 9 heteroatoms. The number of benzene rings is 1. The first kappa shape index (κ1) is 23.5. The molecule has 0 spiro atoms. The van der Waals surface area contributed by atoms with Crippen LogP contribution in [0.15, 0.2) is 46.0 Å². The summed E-state index contributed by atoms with van der Waals surface area (Å²) < 4.78 is 6.27. The monoisotopic (exact) mass is 456 g/mol. The Hall–Kier alpha value is -3.17. The van der Waals surface area contributed by atoms with E-state index in [0.29, 0.717) is 4.88 Å². The third kappa shape index (κ3) is 5.00. The Kier molecular flexibility index (Phi) is 7.66. The number of ether oxygens (including phenoxy) is 1. The van der Waals surface area contributed by atoms with Crippen molar-refractivity contribution in [1.82, 2.24) is 9.55 Å². The summed E-state index contributed by atoms with van der Waals surface area (Å²) in [4.78, 5) is 44.1. The minimum absolute atomic E-state index is 0.0438. The third-order valence-electron chi connectivity index (χ3n) is 5.18. The van der Waals surface area contributed by atoms with E-state index in [-0.39, 0.29) is 37.1 Å². The molecule has 0 radical (unpaired) electrons. The highest BCUT2D eigenvalue weighted by atomic mass is 32.1. The van der Waals surface area contributed by atoms with Crippen molar-refractivity contribution in [1.29, 1.82) is 0 Å². The number of nitrogens with two attached hydrogens (primary N) is 1. The molecular formula is C23H28N4O4S. The van der Waals surface area contributed by atoms with E-state index >= 15 is 0 Å². The fraction of sp³-hybridized carbons (Fsp3) is 0.348. The van der Waals surface area contributed by atoms with Gasteiger partial charge in [-0.15, -0.1) is 11.3 Å². The topological polar surface area (TPSA) is 110 Å². The lowest BCUT2D eigenvalue weighted by Gasteiger charge is -2.24. The number of amides is 1. The van der Waals surface area contributed by atoms with Gasteiger partial charge in [0.15, 0.2) is 5.69 Å². The zero-order chi connectivity index (χ0) is 23.3. The molecule has 0 bridgehead atoms. The number of hydrogen-bond acceptors (Lipinski definition) is 6. The van der Waals surface area contributed by atoms with Crippen LogP contribution < -0.4 is 21.9 Å². The first-order chi connectivity index (χ1) is 15.4. The van der Waals surface area contributed by atoms with Crippen LogP contribution in [0.4, 0.5) is 11.5 Å². The molecule has 0 saturated carbocycles. The standard InChI is InChI=1S/C23H28N4O4S/c1-4-8-17-13-18(32-15(17)2)22(29)27(14-16-9-6-5-7-10-16)19-20(24)26(11-12-31-3)23(30)25-21(19)28/h5-7,9-10,13H,4,8,11-12,14,24H2,1-3H3,(H,25,28,30). The van der Waals surface area contributed by atoms with E-state index in [0.717, 1.165) is 28.8 Å². The first-order valence-corrected chi connectivity index (χ1v) is 11.3. The quantitative estimate of drug-likeness (QED) is 0.514. The van der Waals surface area contributed by atoms with E-state index in [9.17, 15) is 14.4 Å². The van der Waals surface area contributed by atoms with Crippen molar-refractivity contribution in [3.8, 4) is 0 Å². The number of H-pyrrole nitrogens is 1. The number of nitrogens with one attached hydrogen (secondary N) is 1. The maximum Gasteiger partial charge on any atom is 0.330 e. The number of anilines is 2. The summed E-state index contributed by atoms with van der Waals surface area (Å²) in [5.41, 5.74) is 6.84. The molecule has 2 aromatic heterocycles. The van der Waals surface area contributed by atoms with Crippen molar-refractivity contribution in [2.75, 3.05) is 24.4 Å². The van der Waals surface area contributed by atoms with Gasteiger partial charge in [0, 0.05) is 12.0 Å². The second kappa shape index (κ2) is 10.4. The van der Waals surface area contributed by atoms with Crippen molar-refractivity contribution in [2.24, 2.45) is 0 Å². The number of thiophene rings is 1. The zero-order valence-electron chi connectivity index (χ0n) is 18.5. The van der Waals surface area contributed by atoms with Gasteiger partial charge in [0.2, 0.25) is 0 Å². The van der Waals surface area contributed by atoms with Crippen LogP contribution in [-0.4, -0.2) is 29.2 Å². The van der Waals surface area contributed by atoms with E-state index in [2.05, 4.69) is 11.9 Å². The summed E-state index contributed by atoms with van der Waals surface area (Å²) in [5.74, 6) is -0.402. The molecule has 2 heterocycles. The Labute approximate surface area is 190 Å². The number of carbonyl (C=O) groups excluding carboxylic acids is 1. The summed E-state index contributed by atoms with van der Waals surface area (Å²) in [6.45, 7) is 4.59. The molecule has 1 amide bonds. The lowest BCUT2D eigenvalue weighted by Crippen LogP contribution is -2.41. The second-order valence-electron chi connectivity index (χ2n) is 7.46. The Morgan fingerprint density at radius 2 is 1.97 bits per heavy atom. The SMILES string of the molecule is CCCc1cc(C(=O)N(Cc2ccccc2)c2c(N)n(CCOC)c(=O)[nH]c2=O)sc1C. The smallest absolute Gasteiger partial charge is 0.330 e. The minimum atomic E-state index is -0.701. The molecule has 3 rings (SSSR count). The van der Waals surface area contributed by atoms with Crippen LogP contribution in [-0.2, 0) is 24.2 Å². The molecule has 3 N–H and O–H groups in total. The lowest BCUT2D eigenvalue weighted by atomic mass is 10.1. The fourth-order valence-corrected chi connectivity index (χ4v) is 4.56. The number of nitrogens with zero attached hydrogens (tertiary/aromatic N) is 2. The highest BCUT2D eigenvalue weighted by Crippen LogP contribution is 2.28. The van der Waals surface area contributed by atoms with Gasteiger partial charge in [-0.3, -0.25) is 24.0 Å². The van der Waals surface area contributed by atoms with Crippen LogP contribution in [0.25, 0.3) is 0 Å². The molecular weight excluding hydrogens is 428 g/mol. The van der Waals surface area contributed by atoms with Crippen molar-refractivity contribution in [3.63, 3.8) is 0 Å². The first-order valence-electron chi connectivity index (χ1n) is 10.4. The number of carbonyl (C=O) groups is 1. The predicted molar refractivity (Wildman–Crippen MR) is 128 cm³/mol. The molecule has 170 valence electrons. The molecule has 0 unspecified atom stereocenters. The zero-order valence-corrected chi connectivity index (χ0v) is 19.3. The summed E-state index contributed by atoms with van der Waals surface area (Å²) >= 11 is 1.40. The van der Waals surface area contributed by atoms with Crippen LogP contribution in [0.5, 0.6) is 0 Å². The lowest BCUT2D eigenvalue weighted by molar-refractivity contribution is 0.0988. The largest absolute Gasteiger partial charge is 0.383 e. The number of aryl methyl sites for hydroxylation is 2. The van der Waals surface area contributed by atoms with E-state index in [1.807, 2.05) is 43.3 Å². The van der Waals surface area contributed by atoms with Gasteiger partial charge < -0.3 is 10.5 Å². The van der Waals surface area contributed by atoms with Gasteiger partial charge >= 0.3 is 5.69 Å². The third-order valence-corrected chi connectivity index (χ3v) is 6.26. The molecule has 0 atom stereocenters. The maximum atomic E-state index is 13.7. The summed E-state index contributed by atoms with van der Waals surface area (Å²) in [6, 6.07) is 11.2. The van der Waals surface area contributed by atoms with Gasteiger partial charge in [-0.2, -0.15) is 0 Å². The number of nitrogen functional groups attached to an aromatic ring is 1. The molecule has 0 saturated heterocycles. The molecule has 32 heavy (non-hydrogen) atoms. The van der Waals surface area contributed by atoms with E-state index in [4.69, 9.17) is 10.5 Å². The molecule has 1 aromatic carbocycles. The molecule has 0 aliphatic rings. The molecule has 0 fully saturated rings. The minimum Gasteiger partial charge on any atom is -0.383 e. The molecule has 3 aromatic rings. The molecule has 0 aliphatic heterocycles. The second-order valence-corrected chi connectivity index (χ2v) is 8.71. The van der Waals surface area contributed by atoms with Gasteiger partial charge in [-0.1, -0.05) is 43.7 Å². The van der Waals surface area contributed by atoms with Crippen molar-refractivity contribution >= 4 is 28.7 Å². The van der Waals surface area contributed by atoms with Crippen LogP contribution in [0.1, 0.15) is 39.0 Å². The van der Waals surface area contributed by atoms with Gasteiger partial charge in [-0.05, 0) is 30.5 Å². The van der Waals surface area contributed by atoms with Gasteiger partial charge in [0.05, 0.1) is 24.6 Å². The summed E-state index contributed by atoms with van der Waals surface area (Å²) in [6.07, 6.45) is 1.84. The van der Waals surface area contributed by atoms with Crippen LogP contribution in [0, 0.1) is 6.92 Å². The number of aromatic nitrogens is 2. The highest BCUT2D eigenvalue weighted by Gasteiger charge is 2.27. The van der Waals surface area contributed by atoms with Crippen LogP contribution in [0.2, 0.25) is 0 Å². The predicted octanol–water partition coefficient (Wildman–Crippen LogP) is 2.93. The van der Waals surface area contributed by atoms with E-state index in [1.54, 1.807) is 0 Å². The highest BCUT2D eigenvalue weighted by molar-refractivity contribution is 7.14. The number of methoxy groups -OCH3 is 1. The Morgan fingerprint density at radius 3 is 2.62 bits per heavy atom. The average Bonchev–Trinajstić information content (AvgIpc) is 3.13. The Morgan fingerprint density at radius 1 is 1.25 bits per heavy atom. The van der Waals surface area contributed by atoms with E-state index in [1.165, 1.54) is 27.9 Å². The summed E-state index contributed by atoms with van der Waals surface area (Å²) in [7, 11) is 1.51. The number of hydrogen-bond donors (Lipinski definition) is 2. The normalized spacial score (nSPS) is 11.0. The van der Waals surface area contributed by atoms with Gasteiger partial charge in [0.1, 0.15) is 5.82 Å². The average molecular weight is 457 g/mol. The maximum absolute atomic E-state index is 13.7. The fourth-order valence-electron chi connectivity index (χ4n) is 3.54.